The van der Waals surface area contributed by atoms with Gasteiger partial charge in [0.15, 0.2) is 0 Å². The Morgan fingerprint density at radius 1 is 1.35 bits per heavy atom. The zero-order valence-electron chi connectivity index (χ0n) is 11.5. The monoisotopic (exact) mass is 273 g/mol. The third-order valence-corrected chi connectivity index (χ3v) is 2.99. The van der Waals surface area contributed by atoms with E-state index < -0.39 is 0 Å². The van der Waals surface area contributed by atoms with Crippen LogP contribution in [-0.4, -0.2) is 24.4 Å². The van der Waals surface area contributed by atoms with Crippen LogP contribution in [0.5, 0.6) is 0 Å². The van der Waals surface area contributed by atoms with Gasteiger partial charge >= 0.3 is 0 Å². The fourth-order valence-corrected chi connectivity index (χ4v) is 1.89. The molecule has 1 heterocycles. The van der Waals surface area contributed by atoms with Gasteiger partial charge in [-0.1, -0.05) is 12.1 Å². The summed E-state index contributed by atoms with van der Waals surface area (Å²) >= 11 is 0. The van der Waals surface area contributed by atoms with Gasteiger partial charge in [0.2, 0.25) is 5.91 Å². The third-order valence-electron chi connectivity index (χ3n) is 2.99. The van der Waals surface area contributed by atoms with Gasteiger partial charge in [0.25, 0.3) is 0 Å². The molecule has 1 aromatic carbocycles. The Labute approximate surface area is 118 Å². The molecule has 2 rings (SSSR count). The zero-order valence-corrected chi connectivity index (χ0v) is 11.5. The van der Waals surface area contributed by atoms with Crippen LogP contribution in [0.3, 0.4) is 0 Å². The van der Waals surface area contributed by atoms with E-state index in [4.69, 9.17) is 10.2 Å². The molecule has 106 valence electrons. The second-order valence-electron chi connectivity index (χ2n) is 4.75. The van der Waals surface area contributed by atoms with Gasteiger partial charge in [-0.2, -0.15) is 0 Å². The van der Waals surface area contributed by atoms with Crippen molar-refractivity contribution in [2.75, 3.05) is 24.6 Å². The molecule has 0 aliphatic heterocycles. The average molecular weight is 273 g/mol. The topological polar surface area (TPSA) is 71.5 Å². The van der Waals surface area contributed by atoms with E-state index in [-0.39, 0.29) is 5.91 Å². The van der Waals surface area contributed by atoms with Crippen molar-refractivity contribution in [2.45, 2.75) is 13.0 Å². The van der Waals surface area contributed by atoms with Gasteiger partial charge in [-0.3, -0.25) is 4.79 Å². The van der Waals surface area contributed by atoms with Gasteiger partial charge in [-0.15, -0.1) is 0 Å². The maximum atomic E-state index is 11.9. The number of benzene rings is 1. The quantitative estimate of drug-likeness (QED) is 0.792. The minimum Gasteiger partial charge on any atom is -0.472 e. The first-order chi connectivity index (χ1) is 9.65. The number of nitrogens with two attached hydrogens (primary N) is 1. The lowest BCUT2D eigenvalue weighted by Crippen LogP contribution is -2.24. The Morgan fingerprint density at radius 3 is 2.85 bits per heavy atom. The van der Waals surface area contributed by atoms with Gasteiger partial charge < -0.3 is 20.4 Å². The molecule has 1 aromatic heterocycles. The summed E-state index contributed by atoms with van der Waals surface area (Å²) in [5.74, 6) is -0.0399. The normalized spacial score (nSPS) is 10.7. The van der Waals surface area contributed by atoms with Crippen molar-refractivity contribution < 1.29 is 9.21 Å². The van der Waals surface area contributed by atoms with E-state index in [9.17, 15) is 4.79 Å². The minimum atomic E-state index is -0.0399. The van der Waals surface area contributed by atoms with E-state index in [0.29, 0.717) is 24.3 Å². The Hall–Kier alpha value is -2.27. The molecule has 1 amide bonds. The number of carbonyl (C=O) groups is 1. The molecule has 5 heteroatoms. The molecule has 0 aliphatic rings. The highest BCUT2D eigenvalue weighted by atomic mass is 16.3. The SMILES string of the molecule is CN(CCC(=O)Nc1ccccc1N)Cc1ccoc1. The summed E-state index contributed by atoms with van der Waals surface area (Å²) < 4.78 is 5.01. The molecular formula is C15H19N3O2. The summed E-state index contributed by atoms with van der Waals surface area (Å²) in [7, 11) is 1.97. The first-order valence-corrected chi connectivity index (χ1v) is 6.49. The summed E-state index contributed by atoms with van der Waals surface area (Å²) in [6.07, 6.45) is 3.78. The number of para-hydroxylation sites is 2. The van der Waals surface area contributed by atoms with E-state index >= 15 is 0 Å². The molecule has 0 unspecified atom stereocenters. The molecule has 20 heavy (non-hydrogen) atoms. The van der Waals surface area contributed by atoms with Gasteiger partial charge in [-0.25, -0.2) is 0 Å². The zero-order chi connectivity index (χ0) is 14.4. The lowest BCUT2D eigenvalue weighted by atomic mass is 10.2. The van der Waals surface area contributed by atoms with E-state index in [2.05, 4.69) is 10.2 Å². The van der Waals surface area contributed by atoms with Crippen molar-refractivity contribution in [1.82, 2.24) is 4.90 Å². The number of hydrogen-bond acceptors (Lipinski definition) is 4. The molecule has 0 saturated carbocycles. The number of anilines is 2. The Kier molecular flexibility index (Phi) is 4.79. The van der Waals surface area contributed by atoms with Crippen LogP contribution in [-0.2, 0) is 11.3 Å². The lowest BCUT2D eigenvalue weighted by molar-refractivity contribution is -0.116. The average Bonchev–Trinajstić information content (AvgIpc) is 2.92. The molecule has 0 fully saturated rings. The molecular weight excluding hydrogens is 254 g/mol. The maximum absolute atomic E-state index is 11.9. The van der Waals surface area contributed by atoms with E-state index in [1.165, 1.54) is 0 Å². The summed E-state index contributed by atoms with van der Waals surface area (Å²) in [5, 5.41) is 2.82. The lowest BCUT2D eigenvalue weighted by Gasteiger charge is -2.15. The maximum Gasteiger partial charge on any atom is 0.225 e. The summed E-state index contributed by atoms with van der Waals surface area (Å²) in [6.45, 7) is 1.43. The number of nitrogen functional groups attached to an aromatic ring is 1. The molecule has 5 nitrogen and oxygen atoms in total. The first kappa shape index (κ1) is 14.1. The van der Waals surface area contributed by atoms with Crippen molar-refractivity contribution in [3.05, 3.63) is 48.4 Å². The molecule has 0 atom stereocenters. The Morgan fingerprint density at radius 2 is 2.15 bits per heavy atom. The highest BCUT2D eigenvalue weighted by Crippen LogP contribution is 2.16. The number of hydrogen-bond donors (Lipinski definition) is 2. The van der Waals surface area contributed by atoms with E-state index in [1.54, 1.807) is 24.7 Å². The highest BCUT2D eigenvalue weighted by Gasteiger charge is 2.07. The van der Waals surface area contributed by atoms with Gasteiger partial charge in [0.1, 0.15) is 0 Å². The van der Waals surface area contributed by atoms with Crippen LogP contribution < -0.4 is 11.1 Å². The van der Waals surface area contributed by atoms with Crippen molar-refractivity contribution in [1.29, 1.82) is 0 Å². The van der Waals surface area contributed by atoms with Gasteiger partial charge in [0, 0.05) is 25.1 Å². The van der Waals surface area contributed by atoms with Crippen LogP contribution in [0.4, 0.5) is 11.4 Å². The van der Waals surface area contributed by atoms with Crippen LogP contribution in [0.2, 0.25) is 0 Å². The molecule has 0 saturated heterocycles. The van der Waals surface area contributed by atoms with Crippen LogP contribution in [0.15, 0.2) is 47.3 Å². The van der Waals surface area contributed by atoms with E-state index in [1.807, 2.05) is 25.2 Å². The summed E-state index contributed by atoms with van der Waals surface area (Å²) in [6, 6.07) is 9.16. The van der Waals surface area contributed by atoms with Gasteiger partial charge in [0.05, 0.1) is 23.9 Å². The number of nitrogens with one attached hydrogen (secondary N) is 1. The Balaban J connectivity index is 1.76. The molecule has 0 radical (unpaired) electrons. The first-order valence-electron chi connectivity index (χ1n) is 6.49. The standard InChI is InChI=1S/C15H19N3O2/c1-18(10-12-7-9-20-11-12)8-6-15(19)17-14-5-3-2-4-13(14)16/h2-5,7,9,11H,6,8,10,16H2,1H3,(H,17,19). The Bertz CT molecular complexity index is 552. The second kappa shape index (κ2) is 6.77. The van der Waals surface area contributed by atoms with Crippen LogP contribution in [0.25, 0.3) is 0 Å². The number of rotatable bonds is 6. The number of nitrogens with zero attached hydrogens (tertiary/aromatic N) is 1. The number of amides is 1. The summed E-state index contributed by atoms with van der Waals surface area (Å²) in [5.41, 5.74) is 8.12. The summed E-state index contributed by atoms with van der Waals surface area (Å²) in [4.78, 5) is 13.9. The second-order valence-corrected chi connectivity index (χ2v) is 4.75. The number of carbonyl (C=O) groups excluding carboxylic acids is 1. The van der Waals surface area contributed by atoms with Gasteiger partial charge in [-0.05, 0) is 25.2 Å². The fourth-order valence-electron chi connectivity index (χ4n) is 1.89. The van der Waals surface area contributed by atoms with Crippen molar-refractivity contribution in [3.8, 4) is 0 Å². The minimum absolute atomic E-state index is 0.0399. The predicted octanol–water partition coefficient (Wildman–Crippen LogP) is 2.32. The van der Waals surface area contributed by atoms with Crippen LogP contribution in [0.1, 0.15) is 12.0 Å². The largest absolute Gasteiger partial charge is 0.472 e. The fraction of sp³-hybridized carbons (Fsp3) is 0.267. The third kappa shape index (κ3) is 4.13. The molecule has 0 bridgehead atoms. The smallest absolute Gasteiger partial charge is 0.225 e. The highest BCUT2D eigenvalue weighted by molar-refractivity contribution is 5.93. The van der Waals surface area contributed by atoms with Crippen molar-refractivity contribution in [3.63, 3.8) is 0 Å². The van der Waals surface area contributed by atoms with Crippen LogP contribution in [0, 0.1) is 0 Å². The van der Waals surface area contributed by atoms with Crippen LogP contribution >= 0.6 is 0 Å². The predicted molar refractivity (Wildman–Crippen MR) is 79.1 cm³/mol. The van der Waals surface area contributed by atoms with Crippen molar-refractivity contribution in [2.24, 2.45) is 0 Å². The molecule has 2 aromatic rings. The molecule has 0 aliphatic carbocycles. The molecule has 3 N–H and O–H groups in total. The van der Waals surface area contributed by atoms with E-state index in [0.717, 1.165) is 12.1 Å². The number of furan rings is 1. The van der Waals surface area contributed by atoms with Crippen molar-refractivity contribution >= 4 is 17.3 Å². The molecule has 0 spiro atoms.